The summed E-state index contributed by atoms with van der Waals surface area (Å²) in [6.07, 6.45) is 0.885. The van der Waals surface area contributed by atoms with E-state index in [1.54, 1.807) is 12.1 Å². The van der Waals surface area contributed by atoms with Crippen LogP contribution in [0.4, 0.5) is 0 Å². The van der Waals surface area contributed by atoms with E-state index < -0.39 is 0 Å². The smallest absolute Gasteiger partial charge is 0.262 e. The molecule has 4 aromatic rings. The highest BCUT2D eigenvalue weighted by molar-refractivity contribution is 7.12. The van der Waals surface area contributed by atoms with Crippen molar-refractivity contribution in [2.24, 2.45) is 5.92 Å². The Kier molecular flexibility index (Phi) is 4.96. The van der Waals surface area contributed by atoms with Gasteiger partial charge in [0.1, 0.15) is 5.82 Å². The van der Waals surface area contributed by atoms with Crippen LogP contribution in [0.5, 0.6) is 0 Å². The van der Waals surface area contributed by atoms with Gasteiger partial charge >= 0.3 is 0 Å². The van der Waals surface area contributed by atoms with Crippen LogP contribution >= 0.6 is 11.3 Å². The lowest BCUT2D eigenvalue weighted by atomic mass is 9.98. The second-order valence-corrected chi connectivity index (χ2v) is 7.98. The Hall–Kier alpha value is -2.99. The Morgan fingerprint density at radius 1 is 1.18 bits per heavy atom. The van der Waals surface area contributed by atoms with Crippen LogP contribution in [0, 0.1) is 5.92 Å². The average Bonchev–Trinajstić information content (AvgIpc) is 3.15. The first-order valence-corrected chi connectivity index (χ1v) is 10.2. The van der Waals surface area contributed by atoms with E-state index >= 15 is 0 Å². The maximum atomic E-state index is 13.0. The van der Waals surface area contributed by atoms with Crippen molar-refractivity contribution in [2.45, 2.75) is 26.3 Å². The summed E-state index contributed by atoms with van der Waals surface area (Å²) < 4.78 is -0.105. The van der Waals surface area contributed by atoms with Gasteiger partial charge in [-0.05, 0) is 35.6 Å². The summed E-state index contributed by atoms with van der Waals surface area (Å²) in [5, 5.41) is 4.51. The highest BCUT2D eigenvalue weighted by atomic mass is 32.1. The summed E-state index contributed by atoms with van der Waals surface area (Å²) in [7, 11) is 0. The molecule has 0 aliphatic carbocycles. The summed E-state index contributed by atoms with van der Waals surface area (Å²) in [6.45, 7) is 4.17. The number of amides is 1. The molecule has 6 heteroatoms. The number of para-hydroxylation sites is 2. The van der Waals surface area contributed by atoms with Gasteiger partial charge in [0.2, 0.25) is 4.74 Å². The van der Waals surface area contributed by atoms with Gasteiger partial charge in [0.15, 0.2) is 0 Å². The van der Waals surface area contributed by atoms with Gasteiger partial charge < -0.3 is 10.3 Å². The number of imidazole rings is 1. The van der Waals surface area contributed by atoms with Crippen molar-refractivity contribution >= 4 is 39.0 Å². The molecule has 0 saturated heterocycles. The van der Waals surface area contributed by atoms with Gasteiger partial charge in [-0.15, -0.1) is 0 Å². The summed E-state index contributed by atoms with van der Waals surface area (Å²) in [5.41, 5.74) is 1.81. The summed E-state index contributed by atoms with van der Waals surface area (Å²) in [4.78, 5) is 33.8. The molecule has 28 heavy (non-hydrogen) atoms. The van der Waals surface area contributed by atoms with Crippen LogP contribution < -0.4 is 10.1 Å². The molecule has 5 nitrogen and oxygen atoms in total. The first kappa shape index (κ1) is 18.4. The van der Waals surface area contributed by atoms with E-state index in [4.69, 9.17) is 0 Å². The molecule has 4 rings (SSSR count). The number of hydrogen-bond donors (Lipinski definition) is 2. The molecule has 2 heterocycles. The molecule has 0 saturated carbocycles. The number of aromatic amines is 1. The molecule has 1 amide bonds. The van der Waals surface area contributed by atoms with Gasteiger partial charge in [0, 0.05) is 5.39 Å². The molecule has 0 aliphatic heterocycles. The zero-order valence-corrected chi connectivity index (χ0v) is 16.5. The van der Waals surface area contributed by atoms with Crippen molar-refractivity contribution in [2.75, 3.05) is 0 Å². The summed E-state index contributed by atoms with van der Waals surface area (Å²) in [6, 6.07) is 16.7. The topological polar surface area (TPSA) is 74.8 Å². The maximum Gasteiger partial charge on any atom is 0.262 e. The Bertz CT molecular complexity index is 1180. The van der Waals surface area contributed by atoms with Crippen molar-refractivity contribution in [3.63, 3.8) is 0 Å². The lowest BCUT2D eigenvalue weighted by Gasteiger charge is -2.22. The van der Waals surface area contributed by atoms with Crippen molar-refractivity contribution in [1.82, 2.24) is 15.3 Å². The molecule has 2 N–H and O–H groups in total. The highest BCUT2D eigenvalue weighted by Crippen LogP contribution is 2.25. The Labute approximate surface area is 166 Å². The number of carbonyl (C=O) groups is 1. The molecular weight excluding hydrogens is 370 g/mol. The van der Waals surface area contributed by atoms with Crippen LogP contribution in [0.15, 0.2) is 59.4 Å². The predicted molar refractivity (Wildman–Crippen MR) is 114 cm³/mol. The van der Waals surface area contributed by atoms with E-state index in [2.05, 4.69) is 29.1 Å². The van der Waals surface area contributed by atoms with Gasteiger partial charge in [-0.25, -0.2) is 4.98 Å². The lowest BCUT2D eigenvalue weighted by Crippen LogP contribution is -2.33. The first-order valence-electron chi connectivity index (χ1n) is 9.35. The molecule has 0 spiro atoms. The van der Waals surface area contributed by atoms with Crippen LogP contribution in [-0.4, -0.2) is 15.9 Å². The van der Waals surface area contributed by atoms with Crippen molar-refractivity contribution in [3.05, 3.63) is 74.8 Å². The quantitative estimate of drug-likeness (QED) is 0.520. The summed E-state index contributed by atoms with van der Waals surface area (Å²) >= 11 is 0.978. The molecule has 2 atom stereocenters. The number of nitrogens with one attached hydrogen (secondary N) is 2. The minimum Gasteiger partial charge on any atom is -0.341 e. The molecule has 0 bridgehead atoms. The number of benzene rings is 2. The zero-order chi connectivity index (χ0) is 19.7. The average molecular weight is 391 g/mol. The Balaban J connectivity index is 1.69. The fraction of sp³-hybridized carbons (Fsp3) is 0.227. The number of hydrogen-bond acceptors (Lipinski definition) is 4. The predicted octanol–water partition coefficient (Wildman–Crippen LogP) is 4.66. The molecular formula is C22H21N3O2S. The fourth-order valence-corrected chi connectivity index (χ4v) is 4.13. The SMILES string of the molecule is CCC(C)C(NC(=O)c1cc2ccccc2c(=O)s1)c1nc2ccccc2[nH]1. The fourth-order valence-electron chi connectivity index (χ4n) is 3.29. The second-order valence-electron chi connectivity index (χ2n) is 6.96. The molecule has 0 radical (unpaired) electrons. The minimum absolute atomic E-state index is 0.105. The third kappa shape index (κ3) is 3.43. The lowest BCUT2D eigenvalue weighted by molar-refractivity contribution is 0.0924. The third-order valence-electron chi connectivity index (χ3n) is 5.10. The van der Waals surface area contributed by atoms with E-state index in [9.17, 15) is 9.59 Å². The molecule has 0 aliphatic rings. The number of nitrogens with zero attached hydrogens (tertiary/aromatic N) is 1. The maximum absolute atomic E-state index is 13.0. The van der Waals surface area contributed by atoms with E-state index in [1.807, 2.05) is 42.5 Å². The van der Waals surface area contributed by atoms with Crippen LogP contribution in [0.1, 0.15) is 41.8 Å². The first-order chi connectivity index (χ1) is 13.6. The van der Waals surface area contributed by atoms with Gasteiger partial charge in [-0.2, -0.15) is 0 Å². The molecule has 2 aromatic carbocycles. The number of fused-ring (bicyclic) bond motifs is 2. The molecule has 2 aromatic heterocycles. The van der Waals surface area contributed by atoms with E-state index in [0.717, 1.165) is 40.0 Å². The normalized spacial score (nSPS) is 13.5. The Morgan fingerprint density at radius 2 is 1.93 bits per heavy atom. The largest absolute Gasteiger partial charge is 0.341 e. The van der Waals surface area contributed by atoms with Crippen molar-refractivity contribution in [1.29, 1.82) is 0 Å². The number of aromatic nitrogens is 2. The molecule has 142 valence electrons. The summed E-state index contributed by atoms with van der Waals surface area (Å²) in [5.74, 6) is 0.664. The number of rotatable bonds is 5. The number of H-pyrrole nitrogens is 1. The monoisotopic (exact) mass is 391 g/mol. The van der Waals surface area contributed by atoms with Crippen molar-refractivity contribution in [3.8, 4) is 0 Å². The minimum atomic E-state index is -0.265. The number of carbonyl (C=O) groups excluding carboxylic acids is 1. The van der Waals surface area contributed by atoms with Gasteiger partial charge in [-0.3, -0.25) is 9.59 Å². The standard InChI is InChI=1S/C22H21N3O2S/c1-3-13(2)19(20-23-16-10-6-7-11-17(16)24-20)25-21(26)18-12-14-8-4-5-9-15(14)22(27)28-18/h4-13,19H,3H2,1-2H3,(H,23,24)(H,25,26). The van der Waals surface area contributed by atoms with E-state index in [0.29, 0.717) is 10.3 Å². The van der Waals surface area contributed by atoms with Crippen LogP contribution in [0.2, 0.25) is 0 Å². The third-order valence-corrected chi connectivity index (χ3v) is 6.02. The molecule has 0 fully saturated rings. The van der Waals surface area contributed by atoms with Crippen molar-refractivity contribution < 1.29 is 4.79 Å². The highest BCUT2D eigenvalue weighted by Gasteiger charge is 2.24. The van der Waals surface area contributed by atoms with Gasteiger partial charge in [-0.1, -0.05) is 61.9 Å². The second kappa shape index (κ2) is 7.56. The van der Waals surface area contributed by atoms with Crippen LogP contribution in [0.25, 0.3) is 21.8 Å². The van der Waals surface area contributed by atoms with Crippen LogP contribution in [-0.2, 0) is 0 Å². The van der Waals surface area contributed by atoms with Gasteiger partial charge in [0.25, 0.3) is 5.91 Å². The Morgan fingerprint density at radius 3 is 2.71 bits per heavy atom. The van der Waals surface area contributed by atoms with E-state index in [1.165, 1.54) is 0 Å². The van der Waals surface area contributed by atoms with Gasteiger partial charge in [0.05, 0.1) is 22.0 Å². The van der Waals surface area contributed by atoms with E-state index in [-0.39, 0.29) is 22.6 Å². The van der Waals surface area contributed by atoms with Crippen LogP contribution in [0.3, 0.4) is 0 Å². The zero-order valence-electron chi connectivity index (χ0n) is 15.7. The molecule has 2 unspecified atom stereocenters.